The number of ketones is 1. The van der Waals surface area contributed by atoms with Crippen LogP contribution in [-0.4, -0.2) is 29.8 Å². The molecule has 1 aromatic carbocycles. The predicted molar refractivity (Wildman–Crippen MR) is 70.0 cm³/mol. The maximum atomic E-state index is 12.0. The summed E-state index contributed by atoms with van der Waals surface area (Å²) in [5, 5.41) is 8.63. The van der Waals surface area contributed by atoms with Crippen molar-refractivity contribution < 1.29 is 4.79 Å². The molecule has 1 aromatic rings. The lowest BCUT2D eigenvalue weighted by Gasteiger charge is -2.19. The van der Waals surface area contributed by atoms with Crippen LogP contribution in [-0.2, 0) is 11.2 Å². The fraction of sp³-hybridized carbons (Fsp3) is 0.467. The number of rotatable bonds is 7. The Kier molecular flexibility index (Phi) is 4.49. The van der Waals surface area contributed by atoms with Gasteiger partial charge in [-0.15, -0.1) is 0 Å². The molecular formula is C15H18N2O. The summed E-state index contributed by atoms with van der Waals surface area (Å²) in [6, 6.07) is 12.5. The van der Waals surface area contributed by atoms with Gasteiger partial charge in [-0.3, -0.25) is 9.69 Å². The first-order chi connectivity index (χ1) is 8.79. The highest BCUT2D eigenvalue weighted by atomic mass is 16.1. The van der Waals surface area contributed by atoms with E-state index in [-0.39, 0.29) is 5.78 Å². The predicted octanol–water partition coefficient (Wildman–Crippen LogP) is 2.18. The molecule has 1 fully saturated rings. The highest BCUT2D eigenvalue weighted by Crippen LogP contribution is 2.26. The molecule has 0 aliphatic heterocycles. The third kappa shape index (κ3) is 3.97. The minimum Gasteiger partial charge on any atom is -0.298 e. The van der Waals surface area contributed by atoms with Gasteiger partial charge in [-0.25, -0.2) is 0 Å². The second-order valence-corrected chi connectivity index (χ2v) is 4.81. The first-order valence-electron chi connectivity index (χ1n) is 6.46. The molecule has 1 saturated carbocycles. The second kappa shape index (κ2) is 6.32. The van der Waals surface area contributed by atoms with Crippen molar-refractivity contribution in [3.05, 3.63) is 35.9 Å². The van der Waals surface area contributed by atoms with E-state index in [1.807, 2.05) is 30.3 Å². The van der Waals surface area contributed by atoms with E-state index in [0.717, 1.165) is 12.1 Å². The van der Waals surface area contributed by atoms with E-state index in [9.17, 15) is 4.79 Å². The van der Waals surface area contributed by atoms with Gasteiger partial charge in [-0.05, 0) is 18.4 Å². The summed E-state index contributed by atoms with van der Waals surface area (Å²) in [4.78, 5) is 14.2. The lowest BCUT2D eigenvalue weighted by Crippen LogP contribution is -2.33. The molecule has 0 atom stereocenters. The lowest BCUT2D eigenvalue weighted by atomic mass is 10.1. The van der Waals surface area contributed by atoms with E-state index in [1.54, 1.807) is 0 Å². The van der Waals surface area contributed by atoms with Crippen molar-refractivity contribution in [3.8, 4) is 6.07 Å². The lowest BCUT2D eigenvalue weighted by molar-refractivity contribution is -0.119. The number of hydrogen-bond acceptors (Lipinski definition) is 3. The molecule has 18 heavy (non-hydrogen) atoms. The fourth-order valence-corrected chi connectivity index (χ4v) is 2.13. The molecular weight excluding hydrogens is 224 g/mol. The molecule has 94 valence electrons. The Morgan fingerprint density at radius 3 is 2.67 bits per heavy atom. The van der Waals surface area contributed by atoms with Crippen LogP contribution in [0.4, 0.5) is 0 Å². The zero-order chi connectivity index (χ0) is 12.8. The van der Waals surface area contributed by atoms with Crippen molar-refractivity contribution in [1.82, 2.24) is 4.90 Å². The second-order valence-electron chi connectivity index (χ2n) is 4.81. The standard InChI is InChI=1S/C15H18N2O/c16-9-4-10-17(14-7-8-14)12-15(18)11-13-5-2-1-3-6-13/h1-3,5-6,14H,4,7-8,10-12H2. The topological polar surface area (TPSA) is 44.1 Å². The third-order valence-electron chi connectivity index (χ3n) is 3.20. The van der Waals surface area contributed by atoms with Crippen LogP contribution in [0.2, 0.25) is 0 Å². The Morgan fingerprint density at radius 1 is 1.33 bits per heavy atom. The first kappa shape index (κ1) is 12.8. The average Bonchev–Trinajstić information content (AvgIpc) is 3.20. The van der Waals surface area contributed by atoms with Gasteiger partial charge < -0.3 is 0 Å². The highest BCUT2D eigenvalue weighted by molar-refractivity contribution is 5.82. The van der Waals surface area contributed by atoms with Gasteiger partial charge >= 0.3 is 0 Å². The van der Waals surface area contributed by atoms with E-state index >= 15 is 0 Å². The van der Waals surface area contributed by atoms with E-state index in [4.69, 9.17) is 5.26 Å². The molecule has 3 nitrogen and oxygen atoms in total. The van der Waals surface area contributed by atoms with Gasteiger partial charge in [0.05, 0.1) is 12.6 Å². The number of nitrogens with zero attached hydrogens (tertiary/aromatic N) is 2. The third-order valence-corrected chi connectivity index (χ3v) is 3.20. The molecule has 0 saturated heterocycles. The quantitative estimate of drug-likeness (QED) is 0.736. The number of hydrogen-bond donors (Lipinski definition) is 0. The highest BCUT2D eigenvalue weighted by Gasteiger charge is 2.29. The first-order valence-corrected chi connectivity index (χ1v) is 6.46. The largest absolute Gasteiger partial charge is 0.298 e. The monoisotopic (exact) mass is 242 g/mol. The van der Waals surface area contributed by atoms with Crippen LogP contribution in [0.5, 0.6) is 0 Å². The van der Waals surface area contributed by atoms with Crippen molar-refractivity contribution in [1.29, 1.82) is 5.26 Å². The van der Waals surface area contributed by atoms with Crippen molar-refractivity contribution in [2.75, 3.05) is 13.1 Å². The Bertz CT molecular complexity index is 432. The number of nitriles is 1. The summed E-state index contributed by atoms with van der Waals surface area (Å²) in [7, 11) is 0. The van der Waals surface area contributed by atoms with E-state index in [0.29, 0.717) is 25.4 Å². The van der Waals surface area contributed by atoms with E-state index < -0.39 is 0 Å². The minimum atomic E-state index is 0.242. The molecule has 0 amide bonds. The van der Waals surface area contributed by atoms with E-state index in [1.165, 1.54) is 12.8 Å². The Labute approximate surface area is 108 Å². The molecule has 0 bridgehead atoms. The Balaban J connectivity index is 1.83. The summed E-state index contributed by atoms with van der Waals surface area (Å²) >= 11 is 0. The molecule has 0 N–H and O–H groups in total. The van der Waals surface area contributed by atoms with Gasteiger partial charge in [0.2, 0.25) is 0 Å². The Morgan fingerprint density at radius 2 is 2.06 bits per heavy atom. The Hall–Kier alpha value is -1.66. The van der Waals surface area contributed by atoms with Crippen molar-refractivity contribution >= 4 is 5.78 Å². The summed E-state index contributed by atoms with van der Waals surface area (Å²) in [5.74, 6) is 0.242. The molecule has 0 aromatic heterocycles. The maximum Gasteiger partial charge on any atom is 0.151 e. The molecule has 0 spiro atoms. The van der Waals surface area contributed by atoms with Crippen LogP contribution in [0.3, 0.4) is 0 Å². The number of carbonyl (C=O) groups is 1. The number of carbonyl (C=O) groups excluding carboxylic acids is 1. The molecule has 0 heterocycles. The molecule has 1 aliphatic rings. The molecule has 2 rings (SSSR count). The van der Waals surface area contributed by atoms with Gasteiger partial charge in [0.1, 0.15) is 0 Å². The molecule has 1 aliphatic carbocycles. The number of benzene rings is 1. The minimum absolute atomic E-state index is 0.242. The van der Waals surface area contributed by atoms with Gasteiger partial charge in [0.25, 0.3) is 0 Å². The summed E-state index contributed by atoms with van der Waals surface area (Å²) in [6.07, 6.45) is 3.35. The van der Waals surface area contributed by atoms with Crippen molar-refractivity contribution in [2.24, 2.45) is 0 Å². The fourth-order valence-electron chi connectivity index (χ4n) is 2.13. The molecule has 0 unspecified atom stereocenters. The van der Waals surface area contributed by atoms with Crippen LogP contribution in [0, 0.1) is 11.3 Å². The van der Waals surface area contributed by atoms with Gasteiger partial charge in [0, 0.05) is 25.4 Å². The van der Waals surface area contributed by atoms with Gasteiger partial charge in [-0.1, -0.05) is 30.3 Å². The van der Waals surface area contributed by atoms with Crippen molar-refractivity contribution in [2.45, 2.75) is 31.7 Å². The molecule has 0 radical (unpaired) electrons. The van der Waals surface area contributed by atoms with Crippen LogP contribution < -0.4 is 0 Å². The van der Waals surface area contributed by atoms with Crippen LogP contribution >= 0.6 is 0 Å². The molecule has 3 heteroatoms. The smallest absolute Gasteiger partial charge is 0.151 e. The maximum absolute atomic E-state index is 12.0. The summed E-state index contributed by atoms with van der Waals surface area (Å²) < 4.78 is 0. The zero-order valence-electron chi connectivity index (χ0n) is 10.5. The summed E-state index contributed by atoms with van der Waals surface area (Å²) in [5.41, 5.74) is 1.07. The normalized spacial score (nSPS) is 14.4. The van der Waals surface area contributed by atoms with E-state index in [2.05, 4.69) is 11.0 Å². The van der Waals surface area contributed by atoms with Crippen molar-refractivity contribution in [3.63, 3.8) is 0 Å². The SMILES string of the molecule is N#CCCN(CC(=O)Cc1ccccc1)C1CC1. The van der Waals surface area contributed by atoms with Crippen LogP contribution in [0.1, 0.15) is 24.8 Å². The summed E-state index contributed by atoms with van der Waals surface area (Å²) in [6.45, 7) is 1.21. The van der Waals surface area contributed by atoms with Crippen LogP contribution in [0.25, 0.3) is 0 Å². The number of Topliss-reactive ketones (excluding diaryl/α,β-unsaturated/α-hetero) is 1. The average molecular weight is 242 g/mol. The van der Waals surface area contributed by atoms with Gasteiger partial charge in [-0.2, -0.15) is 5.26 Å². The van der Waals surface area contributed by atoms with Crippen LogP contribution in [0.15, 0.2) is 30.3 Å². The zero-order valence-corrected chi connectivity index (χ0v) is 10.5. The van der Waals surface area contributed by atoms with Gasteiger partial charge in [0.15, 0.2) is 5.78 Å².